The molecule has 2 amide bonds. The second-order valence-electron chi connectivity index (χ2n) is 8.30. The van der Waals surface area contributed by atoms with Crippen LogP contribution >= 0.6 is 0 Å². The number of aryl methyl sites for hydroxylation is 1. The Kier molecular flexibility index (Phi) is 7.23. The van der Waals surface area contributed by atoms with Crippen LogP contribution in [-0.2, 0) is 22.6 Å². The van der Waals surface area contributed by atoms with Gasteiger partial charge in [0, 0.05) is 24.7 Å². The van der Waals surface area contributed by atoms with Gasteiger partial charge in [-0.3, -0.25) is 25.1 Å². The van der Waals surface area contributed by atoms with Gasteiger partial charge in [-0.05, 0) is 43.7 Å². The quantitative estimate of drug-likeness (QED) is 0.520. The first-order valence-corrected chi connectivity index (χ1v) is 10.5. The van der Waals surface area contributed by atoms with E-state index in [0.717, 1.165) is 29.1 Å². The van der Waals surface area contributed by atoms with Gasteiger partial charge in [0.25, 0.3) is 5.91 Å². The summed E-state index contributed by atoms with van der Waals surface area (Å²) >= 11 is 0. The van der Waals surface area contributed by atoms with Crippen molar-refractivity contribution in [1.29, 1.82) is 0 Å². The SMILES string of the molecule is Cc1nn(CC(C)C)c(C)c1CCC(=O)NNC(=O)C1CC(c2ccccc2)NN1. The van der Waals surface area contributed by atoms with Crippen LogP contribution in [0.15, 0.2) is 30.3 Å². The number of aromatic nitrogens is 2. The van der Waals surface area contributed by atoms with E-state index in [1.54, 1.807) is 0 Å². The molecule has 2 aromatic rings. The van der Waals surface area contributed by atoms with Gasteiger partial charge < -0.3 is 0 Å². The number of hydrazine groups is 2. The van der Waals surface area contributed by atoms with Crippen LogP contribution in [0.4, 0.5) is 0 Å². The highest BCUT2D eigenvalue weighted by molar-refractivity contribution is 5.85. The van der Waals surface area contributed by atoms with Crippen molar-refractivity contribution in [2.75, 3.05) is 0 Å². The minimum absolute atomic E-state index is 0.0611. The molecule has 1 aromatic heterocycles. The fourth-order valence-electron chi connectivity index (χ4n) is 3.77. The second kappa shape index (κ2) is 9.86. The zero-order valence-corrected chi connectivity index (χ0v) is 18.2. The maximum atomic E-state index is 12.4. The Morgan fingerprint density at radius 2 is 1.90 bits per heavy atom. The minimum Gasteiger partial charge on any atom is -0.273 e. The van der Waals surface area contributed by atoms with Gasteiger partial charge in [-0.15, -0.1) is 0 Å². The number of carbonyl (C=O) groups is 2. The van der Waals surface area contributed by atoms with E-state index in [-0.39, 0.29) is 24.3 Å². The topological polar surface area (TPSA) is 100 Å². The average molecular weight is 413 g/mol. The third-order valence-corrected chi connectivity index (χ3v) is 5.42. The lowest BCUT2D eigenvalue weighted by molar-refractivity contribution is -0.129. The van der Waals surface area contributed by atoms with Crippen LogP contribution in [0.5, 0.6) is 0 Å². The van der Waals surface area contributed by atoms with E-state index in [1.807, 2.05) is 48.9 Å². The van der Waals surface area contributed by atoms with Gasteiger partial charge in [0.05, 0.1) is 5.69 Å². The molecule has 3 rings (SSSR count). The smallest absolute Gasteiger partial charge is 0.256 e. The lowest BCUT2D eigenvalue weighted by Crippen LogP contribution is -2.50. The first-order valence-electron chi connectivity index (χ1n) is 10.5. The first-order chi connectivity index (χ1) is 14.3. The Hall–Kier alpha value is -2.71. The highest BCUT2D eigenvalue weighted by Gasteiger charge is 2.30. The van der Waals surface area contributed by atoms with E-state index in [1.165, 1.54) is 0 Å². The van der Waals surface area contributed by atoms with Crippen molar-refractivity contribution in [3.8, 4) is 0 Å². The van der Waals surface area contributed by atoms with Crippen LogP contribution in [0.2, 0.25) is 0 Å². The van der Waals surface area contributed by atoms with Crippen LogP contribution in [0.3, 0.4) is 0 Å². The number of nitrogens with zero attached hydrogens (tertiary/aromatic N) is 2. The molecule has 4 N–H and O–H groups in total. The molecule has 2 unspecified atom stereocenters. The Labute approximate surface area is 177 Å². The maximum absolute atomic E-state index is 12.4. The van der Waals surface area contributed by atoms with Crippen molar-refractivity contribution in [3.05, 3.63) is 52.8 Å². The first kappa shape index (κ1) is 22.0. The Morgan fingerprint density at radius 1 is 1.17 bits per heavy atom. The van der Waals surface area contributed by atoms with Gasteiger partial charge in [0.15, 0.2) is 0 Å². The minimum atomic E-state index is -0.408. The van der Waals surface area contributed by atoms with E-state index in [9.17, 15) is 9.59 Å². The molecule has 1 aromatic carbocycles. The van der Waals surface area contributed by atoms with Crippen molar-refractivity contribution in [2.45, 2.75) is 65.6 Å². The molecule has 8 heteroatoms. The highest BCUT2D eigenvalue weighted by Crippen LogP contribution is 2.21. The van der Waals surface area contributed by atoms with Gasteiger partial charge in [0.2, 0.25) is 5.91 Å². The number of nitrogens with one attached hydrogen (secondary N) is 4. The summed E-state index contributed by atoms with van der Waals surface area (Å²) in [7, 11) is 0. The molecule has 30 heavy (non-hydrogen) atoms. The molecule has 0 saturated carbocycles. The fourth-order valence-corrected chi connectivity index (χ4v) is 3.77. The molecule has 162 valence electrons. The van der Waals surface area contributed by atoms with E-state index in [0.29, 0.717) is 18.8 Å². The van der Waals surface area contributed by atoms with E-state index < -0.39 is 6.04 Å². The van der Waals surface area contributed by atoms with Gasteiger partial charge >= 0.3 is 0 Å². The summed E-state index contributed by atoms with van der Waals surface area (Å²) < 4.78 is 2.01. The summed E-state index contributed by atoms with van der Waals surface area (Å²) in [5, 5.41) is 4.59. The number of carbonyl (C=O) groups excluding carboxylic acids is 2. The van der Waals surface area contributed by atoms with Gasteiger partial charge in [-0.25, -0.2) is 10.9 Å². The predicted octanol–water partition coefficient (Wildman–Crippen LogP) is 1.84. The molecule has 0 aliphatic carbocycles. The maximum Gasteiger partial charge on any atom is 0.256 e. The molecule has 1 saturated heterocycles. The third kappa shape index (κ3) is 5.46. The average Bonchev–Trinajstić information content (AvgIpc) is 3.31. The number of hydrogen-bond acceptors (Lipinski definition) is 5. The lowest BCUT2D eigenvalue weighted by Gasteiger charge is -2.12. The second-order valence-corrected chi connectivity index (χ2v) is 8.30. The van der Waals surface area contributed by atoms with Crippen molar-refractivity contribution in [3.63, 3.8) is 0 Å². The molecule has 0 radical (unpaired) electrons. The van der Waals surface area contributed by atoms with E-state index in [2.05, 4.69) is 40.6 Å². The lowest BCUT2D eigenvalue weighted by atomic mass is 10.0. The molecular weight excluding hydrogens is 380 g/mol. The van der Waals surface area contributed by atoms with Gasteiger partial charge in [-0.1, -0.05) is 44.2 Å². The van der Waals surface area contributed by atoms with Crippen molar-refractivity contribution < 1.29 is 9.59 Å². The van der Waals surface area contributed by atoms with E-state index >= 15 is 0 Å². The number of hydrogen-bond donors (Lipinski definition) is 4. The standard InChI is InChI=1S/C22H32N6O2/c1-14(2)13-28-16(4)18(15(3)27-28)10-11-21(29)25-26-22(30)20-12-19(23-24-20)17-8-6-5-7-9-17/h5-9,14,19-20,23-24H,10-13H2,1-4H3,(H,25,29)(H,26,30). The molecule has 0 spiro atoms. The fraction of sp³-hybridized carbons (Fsp3) is 0.500. The molecule has 1 aliphatic heterocycles. The summed E-state index contributed by atoms with van der Waals surface area (Å²) in [6.07, 6.45) is 1.49. The Balaban J connectivity index is 1.44. The van der Waals surface area contributed by atoms with Crippen molar-refractivity contribution >= 4 is 11.8 Å². The van der Waals surface area contributed by atoms with E-state index in [4.69, 9.17) is 0 Å². The predicted molar refractivity (Wildman–Crippen MR) is 115 cm³/mol. The Bertz CT molecular complexity index is 877. The van der Waals surface area contributed by atoms with Crippen molar-refractivity contribution in [1.82, 2.24) is 31.5 Å². The number of benzene rings is 1. The largest absolute Gasteiger partial charge is 0.273 e. The van der Waals surface area contributed by atoms with Crippen LogP contribution in [0, 0.1) is 19.8 Å². The normalized spacial score (nSPS) is 18.6. The van der Waals surface area contributed by atoms with Crippen LogP contribution in [0.1, 0.15) is 55.2 Å². The summed E-state index contributed by atoms with van der Waals surface area (Å²) in [5.74, 6) is 0.0326. The molecule has 0 bridgehead atoms. The van der Waals surface area contributed by atoms with Crippen molar-refractivity contribution in [2.24, 2.45) is 5.92 Å². The molecule has 2 atom stereocenters. The zero-order valence-electron chi connectivity index (χ0n) is 18.2. The molecular formula is C22H32N6O2. The molecule has 2 heterocycles. The summed E-state index contributed by atoms with van der Waals surface area (Å²) in [6.45, 7) is 9.19. The summed E-state index contributed by atoms with van der Waals surface area (Å²) in [5.41, 5.74) is 15.5. The monoisotopic (exact) mass is 412 g/mol. The zero-order chi connectivity index (χ0) is 21.7. The molecule has 8 nitrogen and oxygen atoms in total. The van der Waals surface area contributed by atoms with Crippen LogP contribution in [0.25, 0.3) is 0 Å². The van der Waals surface area contributed by atoms with Gasteiger partial charge in [0.1, 0.15) is 6.04 Å². The molecule has 1 fully saturated rings. The summed E-state index contributed by atoms with van der Waals surface area (Å²) in [6, 6.07) is 9.61. The molecule has 1 aliphatic rings. The van der Waals surface area contributed by atoms with Crippen LogP contribution in [-0.4, -0.2) is 27.6 Å². The highest BCUT2D eigenvalue weighted by atomic mass is 16.2. The summed E-state index contributed by atoms with van der Waals surface area (Å²) in [4.78, 5) is 24.6. The number of rotatable bonds is 7. The Morgan fingerprint density at radius 3 is 2.60 bits per heavy atom. The third-order valence-electron chi connectivity index (χ3n) is 5.42. The number of amides is 2. The van der Waals surface area contributed by atoms with Crippen LogP contribution < -0.4 is 21.7 Å². The van der Waals surface area contributed by atoms with Gasteiger partial charge in [-0.2, -0.15) is 5.10 Å².